The Balaban J connectivity index is 2.25. The number of hydrogen-bond acceptors (Lipinski definition) is 5. The van der Waals surface area contributed by atoms with E-state index in [1.165, 1.54) is 7.11 Å². The van der Waals surface area contributed by atoms with E-state index in [9.17, 15) is 9.90 Å². The summed E-state index contributed by atoms with van der Waals surface area (Å²) in [5.41, 5.74) is 0.340. The van der Waals surface area contributed by atoms with Gasteiger partial charge in [-0.15, -0.1) is 0 Å². The molecule has 2 rings (SSSR count). The van der Waals surface area contributed by atoms with Crippen LogP contribution in [0, 0.1) is 0 Å². The van der Waals surface area contributed by atoms with E-state index in [0.29, 0.717) is 5.56 Å². The Morgan fingerprint density at radius 1 is 1.24 bits per heavy atom. The Kier molecular flexibility index (Phi) is 4.15. The third-order valence-corrected chi connectivity index (χ3v) is 4.18. The maximum atomic E-state index is 11.4. The van der Waals surface area contributed by atoms with Gasteiger partial charge in [-0.05, 0) is 38.7 Å². The molecule has 1 saturated heterocycles. The van der Waals surface area contributed by atoms with Gasteiger partial charge in [0.2, 0.25) is 0 Å². The molecule has 0 bridgehead atoms. The predicted molar refractivity (Wildman–Crippen MR) is 79.1 cm³/mol. The van der Waals surface area contributed by atoms with Crippen molar-refractivity contribution in [2.45, 2.75) is 45.0 Å². The first-order valence-electron chi connectivity index (χ1n) is 6.89. The highest BCUT2D eigenvalue weighted by Crippen LogP contribution is 2.36. The molecule has 0 amide bonds. The summed E-state index contributed by atoms with van der Waals surface area (Å²) in [5.74, 6) is -0.693. The van der Waals surface area contributed by atoms with Crippen LogP contribution < -0.4 is 5.46 Å². The zero-order valence-electron chi connectivity index (χ0n) is 13.0. The number of carbonyl (C=O) groups excluding carboxylic acids is 1. The minimum absolute atomic E-state index is 0.436. The third kappa shape index (κ3) is 2.97. The Bertz CT molecular complexity index is 525. The minimum Gasteiger partial charge on any atom is -0.467 e. The van der Waals surface area contributed by atoms with E-state index in [0.717, 1.165) is 5.46 Å². The summed E-state index contributed by atoms with van der Waals surface area (Å²) >= 11 is 0. The molecule has 1 aromatic rings. The van der Waals surface area contributed by atoms with Crippen molar-refractivity contribution in [2.75, 3.05) is 7.11 Å². The van der Waals surface area contributed by atoms with Gasteiger partial charge in [0.15, 0.2) is 6.10 Å². The number of aliphatic hydroxyl groups is 1. The van der Waals surface area contributed by atoms with Gasteiger partial charge in [-0.25, -0.2) is 4.79 Å². The number of carbonyl (C=O) groups is 1. The number of methoxy groups -OCH3 is 1. The lowest BCUT2D eigenvalue weighted by molar-refractivity contribution is -0.150. The standard InChI is InChI=1S/C15H21BO5/c1-14(2)15(3,4)21-16(20-14)11-8-6-7-10(9-11)12(17)13(18)19-5/h6-9,12,17H,1-5H3. The van der Waals surface area contributed by atoms with Crippen molar-refractivity contribution in [3.63, 3.8) is 0 Å². The summed E-state index contributed by atoms with van der Waals surface area (Å²) < 4.78 is 16.4. The zero-order valence-corrected chi connectivity index (χ0v) is 13.0. The van der Waals surface area contributed by atoms with Gasteiger partial charge in [0, 0.05) is 0 Å². The molecule has 0 aromatic heterocycles. The fourth-order valence-electron chi connectivity index (χ4n) is 2.10. The van der Waals surface area contributed by atoms with Crippen LogP contribution in [0.15, 0.2) is 24.3 Å². The van der Waals surface area contributed by atoms with Gasteiger partial charge in [-0.1, -0.05) is 24.3 Å². The normalized spacial score (nSPS) is 21.1. The molecule has 1 atom stereocenters. The molecule has 1 N–H and O–H groups in total. The minimum atomic E-state index is -1.31. The third-order valence-electron chi connectivity index (χ3n) is 4.18. The van der Waals surface area contributed by atoms with E-state index in [1.54, 1.807) is 18.2 Å². The van der Waals surface area contributed by atoms with E-state index in [4.69, 9.17) is 9.31 Å². The van der Waals surface area contributed by atoms with Crippen LogP contribution in [-0.2, 0) is 18.8 Å². The molecule has 5 nitrogen and oxygen atoms in total. The smallest absolute Gasteiger partial charge is 0.467 e. The lowest BCUT2D eigenvalue weighted by Gasteiger charge is -2.32. The maximum absolute atomic E-state index is 11.4. The van der Waals surface area contributed by atoms with Crippen LogP contribution in [0.25, 0.3) is 0 Å². The SMILES string of the molecule is COC(=O)C(O)c1cccc(B2OC(C)(C)C(C)(C)O2)c1. The molecular weight excluding hydrogens is 271 g/mol. The maximum Gasteiger partial charge on any atom is 0.494 e. The summed E-state index contributed by atoms with van der Waals surface area (Å²) in [6, 6.07) is 6.96. The second-order valence-electron chi connectivity index (χ2n) is 6.18. The van der Waals surface area contributed by atoms with Crippen LogP contribution in [0.3, 0.4) is 0 Å². The highest BCUT2D eigenvalue weighted by molar-refractivity contribution is 6.62. The first-order valence-corrected chi connectivity index (χ1v) is 6.89. The summed E-state index contributed by atoms with van der Waals surface area (Å²) in [7, 11) is 0.712. The van der Waals surface area contributed by atoms with Gasteiger partial charge in [-0.3, -0.25) is 0 Å². The van der Waals surface area contributed by atoms with Crippen molar-refractivity contribution >= 4 is 18.6 Å². The number of esters is 1. The van der Waals surface area contributed by atoms with Crippen molar-refractivity contribution in [3.8, 4) is 0 Å². The molecule has 1 unspecified atom stereocenters. The molecule has 1 heterocycles. The van der Waals surface area contributed by atoms with Crippen LogP contribution in [-0.4, -0.2) is 36.5 Å². The van der Waals surface area contributed by atoms with Crippen molar-refractivity contribution in [1.29, 1.82) is 0 Å². The van der Waals surface area contributed by atoms with Gasteiger partial charge in [0.1, 0.15) is 0 Å². The number of aliphatic hydroxyl groups excluding tert-OH is 1. The summed E-state index contributed by atoms with van der Waals surface area (Å²) in [5, 5.41) is 9.91. The first kappa shape index (κ1) is 16.0. The van der Waals surface area contributed by atoms with E-state index >= 15 is 0 Å². The van der Waals surface area contributed by atoms with Gasteiger partial charge in [0.25, 0.3) is 0 Å². The van der Waals surface area contributed by atoms with E-state index < -0.39 is 30.4 Å². The van der Waals surface area contributed by atoms with Crippen LogP contribution in [0.2, 0.25) is 0 Å². The summed E-state index contributed by atoms with van der Waals surface area (Å²) in [4.78, 5) is 11.4. The Labute approximate surface area is 125 Å². The second kappa shape index (κ2) is 5.44. The lowest BCUT2D eigenvalue weighted by Crippen LogP contribution is -2.41. The molecule has 114 valence electrons. The van der Waals surface area contributed by atoms with E-state index in [2.05, 4.69) is 4.74 Å². The van der Waals surface area contributed by atoms with Crippen molar-refractivity contribution in [2.24, 2.45) is 0 Å². The number of benzene rings is 1. The predicted octanol–water partition coefficient (Wildman–Crippen LogP) is 1.19. The summed E-state index contributed by atoms with van der Waals surface area (Å²) in [6.45, 7) is 7.89. The van der Waals surface area contributed by atoms with Gasteiger partial charge in [-0.2, -0.15) is 0 Å². The van der Waals surface area contributed by atoms with Crippen molar-refractivity contribution in [1.82, 2.24) is 0 Å². The molecule has 0 radical (unpaired) electrons. The average Bonchev–Trinajstić information content (AvgIpc) is 2.66. The number of hydrogen-bond donors (Lipinski definition) is 1. The van der Waals surface area contributed by atoms with Crippen molar-refractivity contribution in [3.05, 3.63) is 29.8 Å². The van der Waals surface area contributed by atoms with Gasteiger partial charge in [0.05, 0.1) is 18.3 Å². The largest absolute Gasteiger partial charge is 0.494 e. The molecule has 1 aromatic carbocycles. The first-order chi connectivity index (χ1) is 9.68. The molecule has 6 heteroatoms. The molecule has 0 aliphatic carbocycles. The molecule has 1 fully saturated rings. The quantitative estimate of drug-likeness (QED) is 0.669. The lowest BCUT2D eigenvalue weighted by atomic mass is 9.78. The topological polar surface area (TPSA) is 65.0 Å². The highest BCUT2D eigenvalue weighted by Gasteiger charge is 2.51. The van der Waals surface area contributed by atoms with Crippen LogP contribution >= 0.6 is 0 Å². The Morgan fingerprint density at radius 3 is 2.33 bits per heavy atom. The fraction of sp³-hybridized carbons (Fsp3) is 0.533. The second-order valence-corrected chi connectivity index (χ2v) is 6.18. The van der Waals surface area contributed by atoms with Crippen LogP contribution in [0.1, 0.15) is 39.4 Å². The van der Waals surface area contributed by atoms with Gasteiger partial charge >= 0.3 is 13.1 Å². The number of ether oxygens (including phenoxy) is 1. The number of rotatable bonds is 3. The van der Waals surface area contributed by atoms with Crippen molar-refractivity contribution < 1.29 is 23.9 Å². The molecule has 21 heavy (non-hydrogen) atoms. The fourth-order valence-corrected chi connectivity index (χ4v) is 2.10. The Morgan fingerprint density at radius 2 is 1.81 bits per heavy atom. The van der Waals surface area contributed by atoms with Crippen LogP contribution in [0.4, 0.5) is 0 Å². The summed E-state index contributed by atoms with van der Waals surface area (Å²) in [6.07, 6.45) is -1.31. The van der Waals surface area contributed by atoms with E-state index in [1.807, 2.05) is 33.8 Å². The molecular formula is C15H21BO5. The molecule has 0 spiro atoms. The Hall–Kier alpha value is -1.37. The monoisotopic (exact) mass is 292 g/mol. The van der Waals surface area contributed by atoms with E-state index in [-0.39, 0.29) is 0 Å². The zero-order chi connectivity index (χ0) is 15.8. The van der Waals surface area contributed by atoms with Gasteiger partial charge < -0.3 is 19.2 Å². The average molecular weight is 292 g/mol. The highest BCUT2D eigenvalue weighted by atomic mass is 16.7. The molecule has 1 aliphatic rings. The molecule has 0 saturated carbocycles. The van der Waals surface area contributed by atoms with Crippen LogP contribution in [0.5, 0.6) is 0 Å². The molecule has 1 aliphatic heterocycles.